The van der Waals surface area contributed by atoms with Gasteiger partial charge < -0.3 is 0 Å². The van der Waals surface area contributed by atoms with Crippen LogP contribution in [-0.4, -0.2) is 12.3 Å². The zero-order valence-corrected chi connectivity index (χ0v) is 3.94. The smallest absolute Gasteiger partial charge is 0.126 e. The molecule has 0 aliphatic rings. The molecule has 0 N–H and O–H groups in total. The molecule has 0 aromatic heterocycles. The summed E-state index contributed by atoms with van der Waals surface area (Å²) in [5.74, 6) is 0. The number of hydrogen-bond acceptors (Lipinski definition) is 0. The van der Waals surface area contributed by atoms with E-state index in [2.05, 4.69) is 0 Å². The Balaban J connectivity index is 2.99. The molecule has 0 spiro atoms. The van der Waals surface area contributed by atoms with Crippen molar-refractivity contribution in [3.05, 3.63) is 0 Å². The van der Waals surface area contributed by atoms with Crippen molar-refractivity contribution in [1.29, 1.82) is 0 Å². The fourth-order valence-electron chi connectivity index (χ4n) is 0. The molecular formula is C4H8FO. The summed E-state index contributed by atoms with van der Waals surface area (Å²) in [5.41, 5.74) is 0. The first-order chi connectivity index (χ1) is 2.64. The van der Waals surface area contributed by atoms with Crippen LogP contribution in [0.2, 0.25) is 0 Å². The van der Waals surface area contributed by atoms with E-state index in [9.17, 15) is 9.50 Å². The lowest BCUT2D eigenvalue weighted by molar-refractivity contribution is 0.0399. The fourth-order valence-corrected chi connectivity index (χ4v) is 0. The maximum atomic E-state index is 11.5. The highest BCUT2D eigenvalue weighted by Gasteiger charge is 2.05. The van der Waals surface area contributed by atoms with Crippen LogP contribution in [0.25, 0.3) is 0 Å². The molecule has 1 radical (unpaired) electrons. The van der Waals surface area contributed by atoms with Gasteiger partial charge in [-0.1, -0.05) is 0 Å². The van der Waals surface area contributed by atoms with Gasteiger partial charge >= 0.3 is 0 Å². The van der Waals surface area contributed by atoms with Crippen molar-refractivity contribution in [2.75, 3.05) is 0 Å². The highest BCUT2D eigenvalue weighted by atomic mass is 19.1. The van der Waals surface area contributed by atoms with E-state index < -0.39 is 12.3 Å². The molecule has 0 saturated heterocycles. The van der Waals surface area contributed by atoms with Gasteiger partial charge in [-0.05, 0) is 13.8 Å². The lowest BCUT2D eigenvalue weighted by atomic mass is 10.3. The number of alkyl halides is 1. The molecule has 0 rings (SSSR count). The summed E-state index contributed by atoms with van der Waals surface area (Å²) in [4.78, 5) is 0. The third kappa shape index (κ3) is 2.15. The van der Waals surface area contributed by atoms with E-state index in [1.54, 1.807) is 0 Å². The first-order valence-electron chi connectivity index (χ1n) is 1.94. The summed E-state index contributed by atoms with van der Waals surface area (Å²) >= 11 is 0. The van der Waals surface area contributed by atoms with Gasteiger partial charge in [0.1, 0.15) is 12.3 Å². The molecular weight excluding hydrogens is 83.0 g/mol. The molecule has 2 unspecified atom stereocenters. The molecule has 0 saturated carbocycles. The quantitative estimate of drug-likeness (QED) is 0.461. The second-order valence-electron chi connectivity index (χ2n) is 1.38. The number of hydrogen-bond donors (Lipinski definition) is 0. The predicted molar refractivity (Wildman–Crippen MR) is 20.7 cm³/mol. The van der Waals surface area contributed by atoms with Crippen molar-refractivity contribution in [3.8, 4) is 0 Å². The molecule has 0 fully saturated rings. The van der Waals surface area contributed by atoms with Crippen molar-refractivity contribution >= 4 is 0 Å². The number of halogens is 1. The molecule has 37 valence electrons. The van der Waals surface area contributed by atoms with Crippen LogP contribution in [-0.2, 0) is 5.11 Å². The topological polar surface area (TPSA) is 19.9 Å². The van der Waals surface area contributed by atoms with Gasteiger partial charge in [0, 0.05) is 0 Å². The van der Waals surface area contributed by atoms with Gasteiger partial charge in [0.05, 0.1) is 0 Å². The largest absolute Gasteiger partial charge is 0.245 e. The van der Waals surface area contributed by atoms with Crippen LogP contribution in [0.5, 0.6) is 0 Å². The molecule has 0 heterocycles. The fraction of sp³-hybridized carbons (Fsp3) is 1.00. The van der Waals surface area contributed by atoms with Gasteiger partial charge in [0.15, 0.2) is 0 Å². The third-order valence-corrected chi connectivity index (χ3v) is 0.647. The summed E-state index contributed by atoms with van der Waals surface area (Å²) in [6.07, 6.45) is -2.27. The average molecular weight is 91.1 g/mol. The van der Waals surface area contributed by atoms with Crippen LogP contribution in [0, 0.1) is 0 Å². The van der Waals surface area contributed by atoms with E-state index in [4.69, 9.17) is 0 Å². The summed E-state index contributed by atoms with van der Waals surface area (Å²) in [7, 11) is 0. The second-order valence-corrected chi connectivity index (χ2v) is 1.38. The molecule has 0 aliphatic carbocycles. The minimum atomic E-state index is -1.20. The van der Waals surface area contributed by atoms with Crippen LogP contribution in [0.1, 0.15) is 13.8 Å². The van der Waals surface area contributed by atoms with E-state index in [0.717, 1.165) is 0 Å². The Morgan fingerprint density at radius 3 is 1.67 bits per heavy atom. The molecule has 2 heteroatoms. The molecule has 2 atom stereocenters. The second kappa shape index (κ2) is 2.13. The average Bonchev–Trinajstić information content (AvgIpc) is 1.36. The Bertz CT molecular complexity index is 28.5. The van der Waals surface area contributed by atoms with Crippen molar-refractivity contribution in [3.63, 3.8) is 0 Å². The SMILES string of the molecule is CC([O])C(C)F. The van der Waals surface area contributed by atoms with E-state index in [1.807, 2.05) is 0 Å². The third-order valence-electron chi connectivity index (χ3n) is 0.647. The van der Waals surface area contributed by atoms with Gasteiger partial charge in [0.25, 0.3) is 0 Å². The highest BCUT2D eigenvalue weighted by molar-refractivity contribution is 4.51. The molecule has 6 heavy (non-hydrogen) atoms. The highest BCUT2D eigenvalue weighted by Crippen LogP contribution is 1.93. The minimum Gasteiger partial charge on any atom is -0.245 e. The zero-order chi connectivity index (χ0) is 5.15. The maximum Gasteiger partial charge on any atom is 0.126 e. The standard InChI is InChI=1S/C4H8FO/c1-3(5)4(2)6/h3-4H,1-2H3. The van der Waals surface area contributed by atoms with Gasteiger partial charge in [-0.3, -0.25) is 0 Å². The molecule has 1 nitrogen and oxygen atoms in total. The van der Waals surface area contributed by atoms with E-state index in [0.29, 0.717) is 0 Å². The first kappa shape index (κ1) is 5.89. The van der Waals surface area contributed by atoms with Crippen molar-refractivity contribution in [2.45, 2.75) is 26.1 Å². The predicted octanol–water partition coefficient (Wildman–Crippen LogP) is 1.16. The summed E-state index contributed by atoms with van der Waals surface area (Å²) in [5, 5.41) is 9.85. The molecule has 0 bridgehead atoms. The lowest BCUT2D eigenvalue weighted by Crippen LogP contribution is -2.10. The van der Waals surface area contributed by atoms with E-state index in [-0.39, 0.29) is 0 Å². The Morgan fingerprint density at radius 2 is 1.67 bits per heavy atom. The normalized spacial score (nSPS) is 20.0. The van der Waals surface area contributed by atoms with Crippen molar-refractivity contribution in [1.82, 2.24) is 0 Å². The van der Waals surface area contributed by atoms with Gasteiger partial charge in [-0.2, -0.15) is 0 Å². The van der Waals surface area contributed by atoms with Crippen molar-refractivity contribution in [2.24, 2.45) is 0 Å². The minimum absolute atomic E-state index is 1.06. The first-order valence-corrected chi connectivity index (χ1v) is 1.94. The Labute approximate surface area is 36.8 Å². The van der Waals surface area contributed by atoms with Gasteiger partial charge in [0.2, 0.25) is 0 Å². The molecule has 0 aromatic carbocycles. The molecule has 0 aromatic rings. The monoisotopic (exact) mass is 91.1 g/mol. The van der Waals surface area contributed by atoms with Gasteiger partial charge in [-0.25, -0.2) is 9.50 Å². The Hall–Kier alpha value is -0.110. The van der Waals surface area contributed by atoms with Crippen LogP contribution < -0.4 is 0 Å². The Morgan fingerprint density at radius 1 is 1.50 bits per heavy atom. The van der Waals surface area contributed by atoms with Crippen LogP contribution in [0.4, 0.5) is 4.39 Å². The molecule has 0 amide bonds. The lowest BCUT2D eigenvalue weighted by Gasteiger charge is -1.97. The zero-order valence-electron chi connectivity index (χ0n) is 3.94. The van der Waals surface area contributed by atoms with Gasteiger partial charge in [-0.15, -0.1) is 0 Å². The van der Waals surface area contributed by atoms with Crippen molar-refractivity contribution < 1.29 is 9.50 Å². The van der Waals surface area contributed by atoms with E-state index in [1.165, 1.54) is 13.8 Å². The molecule has 0 aliphatic heterocycles. The Kier molecular flexibility index (Phi) is 2.09. The summed E-state index contributed by atoms with van der Waals surface area (Å²) < 4.78 is 11.5. The van der Waals surface area contributed by atoms with Crippen LogP contribution in [0.15, 0.2) is 0 Å². The van der Waals surface area contributed by atoms with E-state index >= 15 is 0 Å². The summed E-state index contributed by atoms with van der Waals surface area (Å²) in [6, 6.07) is 0. The maximum absolute atomic E-state index is 11.5. The van der Waals surface area contributed by atoms with Crippen LogP contribution >= 0.6 is 0 Å². The summed E-state index contributed by atoms with van der Waals surface area (Å²) in [6.45, 7) is 2.57. The van der Waals surface area contributed by atoms with Crippen LogP contribution in [0.3, 0.4) is 0 Å². The number of rotatable bonds is 1.